The van der Waals surface area contributed by atoms with Gasteiger partial charge < -0.3 is 5.11 Å². The van der Waals surface area contributed by atoms with Crippen LogP contribution in [0.1, 0.15) is 23.7 Å². The van der Waals surface area contributed by atoms with Crippen LogP contribution in [0.5, 0.6) is 0 Å². The summed E-state index contributed by atoms with van der Waals surface area (Å²) in [6, 6.07) is 0.715. The van der Waals surface area contributed by atoms with E-state index in [0.29, 0.717) is 6.07 Å². The van der Waals surface area contributed by atoms with Gasteiger partial charge in [-0.2, -0.15) is 0 Å². The largest absolute Gasteiger partial charge is 0.478 e. The van der Waals surface area contributed by atoms with Crippen molar-refractivity contribution < 1.29 is 23.5 Å². The highest BCUT2D eigenvalue weighted by atomic mass is 35.5. The third-order valence-electron chi connectivity index (χ3n) is 2.23. The molecule has 0 aliphatic heterocycles. The Labute approximate surface area is 117 Å². The first-order chi connectivity index (χ1) is 8.81. The number of hydrogen-bond acceptors (Lipinski definition) is 2. The number of carboxylic acid groups (broad SMARTS) is 1. The number of carboxylic acids is 1. The fourth-order valence-corrected chi connectivity index (χ4v) is 1.82. The van der Waals surface area contributed by atoms with E-state index in [1.165, 1.54) is 0 Å². The van der Waals surface area contributed by atoms with Crippen LogP contribution < -0.4 is 0 Å². The standard InChI is InChI=1S/C12H8Cl2F2O3/c1-2-3-5(12(18)19)11(17)6-4-7(13)10(16)8(14)9(6)15/h3-4H,2H2,1H3,(H,18,19). The minimum atomic E-state index is -1.51. The first-order valence-corrected chi connectivity index (χ1v) is 5.88. The van der Waals surface area contributed by atoms with Gasteiger partial charge in [-0.3, -0.25) is 4.79 Å². The van der Waals surface area contributed by atoms with Gasteiger partial charge >= 0.3 is 5.97 Å². The maximum atomic E-state index is 13.7. The van der Waals surface area contributed by atoms with E-state index < -0.39 is 44.6 Å². The normalized spacial score (nSPS) is 11.5. The molecule has 0 bridgehead atoms. The van der Waals surface area contributed by atoms with Crippen molar-refractivity contribution in [2.24, 2.45) is 0 Å². The molecule has 0 radical (unpaired) electrons. The SMILES string of the molecule is CCC=C(C(=O)O)C(=O)c1cc(Cl)c(F)c(Cl)c1F. The minimum Gasteiger partial charge on any atom is -0.478 e. The third kappa shape index (κ3) is 3.11. The predicted molar refractivity (Wildman–Crippen MR) is 66.7 cm³/mol. The van der Waals surface area contributed by atoms with E-state index in [0.717, 1.165) is 6.08 Å². The Bertz CT molecular complexity index is 583. The summed E-state index contributed by atoms with van der Waals surface area (Å²) in [7, 11) is 0. The number of aliphatic carboxylic acids is 1. The van der Waals surface area contributed by atoms with Crippen molar-refractivity contribution in [2.75, 3.05) is 0 Å². The van der Waals surface area contributed by atoms with Gasteiger partial charge in [0, 0.05) is 0 Å². The number of allylic oxidation sites excluding steroid dienone is 1. The van der Waals surface area contributed by atoms with E-state index in [2.05, 4.69) is 0 Å². The van der Waals surface area contributed by atoms with Gasteiger partial charge in [0.05, 0.1) is 10.6 Å². The molecule has 3 nitrogen and oxygen atoms in total. The average Bonchev–Trinajstić information content (AvgIpc) is 2.36. The number of Topliss-reactive ketones (excluding diaryl/α,β-unsaturated/α-hetero) is 1. The van der Waals surface area contributed by atoms with Gasteiger partial charge in [-0.15, -0.1) is 0 Å². The predicted octanol–water partition coefficient (Wildman–Crippen LogP) is 3.88. The van der Waals surface area contributed by atoms with Crippen LogP contribution in [0.3, 0.4) is 0 Å². The lowest BCUT2D eigenvalue weighted by Gasteiger charge is -2.07. The van der Waals surface area contributed by atoms with Gasteiger partial charge in [0.1, 0.15) is 10.6 Å². The zero-order chi connectivity index (χ0) is 14.7. The number of hydrogen-bond donors (Lipinski definition) is 1. The van der Waals surface area contributed by atoms with Gasteiger partial charge in [-0.1, -0.05) is 36.2 Å². The summed E-state index contributed by atoms with van der Waals surface area (Å²) >= 11 is 10.8. The first-order valence-electron chi connectivity index (χ1n) is 5.12. The van der Waals surface area contributed by atoms with Crippen molar-refractivity contribution in [1.29, 1.82) is 0 Å². The lowest BCUT2D eigenvalue weighted by atomic mass is 10.0. The highest BCUT2D eigenvalue weighted by molar-refractivity contribution is 6.36. The van der Waals surface area contributed by atoms with Crippen LogP contribution in [0.25, 0.3) is 0 Å². The Balaban J connectivity index is 3.43. The number of rotatable bonds is 4. The number of ketones is 1. The Morgan fingerprint density at radius 2 is 1.89 bits per heavy atom. The topological polar surface area (TPSA) is 54.4 Å². The fraction of sp³-hybridized carbons (Fsp3) is 0.167. The van der Waals surface area contributed by atoms with E-state index in [1.807, 2.05) is 0 Å². The molecule has 7 heteroatoms. The van der Waals surface area contributed by atoms with E-state index in [9.17, 15) is 18.4 Å². The van der Waals surface area contributed by atoms with E-state index >= 15 is 0 Å². The van der Waals surface area contributed by atoms with E-state index in [4.69, 9.17) is 28.3 Å². The van der Waals surface area contributed by atoms with Crippen molar-refractivity contribution in [2.45, 2.75) is 13.3 Å². The van der Waals surface area contributed by atoms with Crippen LogP contribution in [0.4, 0.5) is 8.78 Å². The summed E-state index contributed by atoms with van der Waals surface area (Å²) in [6.07, 6.45) is 1.38. The number of carbonyl (C=O) groups excluding carboxylic acids is 1. The maximum Gasteiger partial charge on any atom is 0.339 e. The second kappa shape index (κ2) is 6.12. The molecule has 0 atom stereocenters. The van der Waals surface area contributed by atoms with Crippen molar-refractivity contribution >= 4 is 35.0 Å². The lowest BCUT2D eigenvalue weighted by molar-refractivity contribution is -0.132. The average molecular weight is 309 g/mol. The molecule has 1 aromatic rings. The molecule has 0 saturated carbocycles. The molecule has 19 heavy (non-hydrogen) atoms. The smallest absolute Gasteiger partial charge is 0.339 e. The highest BCUT2D eigenvalue weighted by Gasteiger charge is 2.25. The molecule has 0 aromatic heterocycles. The van der Waals surface area contributed by atoms with Crippen LogP contribution in [0.2, 0.25) is 10.0 Å². The van der Waals surface area contributed by atoms with Crippen LogP contribution in [-0.4, -0.2) is 16.9 Å². The molecule has 0 aliphatic rings. The van der Waals surface area contributed by atoms with Crippen molar-refractivity contribution in [3.8, 4) is 0 Å². The fourth-order valence-electron chi connectivity index (χ4n) is 1.36. The molecule has 1 aromatic carbocycles. The zero-order valence-corrected chi connectivity index (χ0v) is 11.1. The molecule has 1 N–H and O–H groups in total. The summed E-state index contributed by atoms with van der Waals surface area (Å²) in [6.45, 7) is 1.61. The molecule has 0 aliphatic carbocycles. The summed E-state index contributed by atoms with van der Waals surface area (Å²) in [5.41, 5.74) is -1.31. The number of benzene rings is 1. The number of halogens is 4. The molecule has 102 valence electrons. The molecule has 0 spiro atoms. The van der Waals surface area contributed by atoms with Gasteiger partial charge in [-0.05, 0) is 12.5 Å². The summed E-state index contributed by atoms with van der Waals surface area (Å²) in [4.78, 5) is 22.8. The van der Waals surface area contributed by atoms with Crippen LogP contribution >= 0.6 is 23.2 Å². The number of carbonyl (C=O) groups is 2. The van der Waals surface area contributed by atoms with Crippen LogP contribution in [-0.2, 0) is 4.79 Å². The van der Waals surface area contributed by atoms with Gasteiger partial charge in [0.2, 0.25) is 5.78 Å². The van der Waals surface area contributed by atoms with Crippen molar-refractivity contribution in [3.05, 3.63) is 45.0 Å². The zero-order valence-electron chi connectivity index (χ0n) is 9.64. The van der Waals surface area contributed by atoms with Gasteiger partial charge in [0.15, 0.2) is 11.6 Å². The third-order valence-corrected chi connectivity index (χ3v) is 2.84. The van der Waals surface area contributed by atoms with E-state index in [1.54, 1.807) is 6.92 Å². The maximum absolute atomic E-state index is 13.7. The molecule has 0 unspecified atom stereocenters. The van der Waals surface area contributed by atoms with Crippen molar-refractivity contribution in [3.63, 3.8) is 0 Å². The Kier molecular flexibility index (Phi) is 5.03. The molecular weight excluding hydrogens is 301 g/mol. The summed E-state index contributed by atoms with van der Waals surface area (Å²) in [5.74, 6) is -5.16. The summed E-state index contributed by atoms with van der Waals surface area (Å²) in [5, 5.41) is 7.36. The molecule has 0 saturated heterocycles. The van der Waals surface area contributed by atoms with Crippen LogP contribution in [0.15, 0.2) is 17.7 Å². The highest BCUT2D eigenvalue weighted by Crippen LogP contribution is 2.29. The van der Waals surface area contributed by atoms with Gasteiger partial charge in [-0.25, -0.2) is 13.6 Å². The summed E-state index contributed by atoms with van der Waals surface area (Å²) < 4.78 is 26.9. The second-order valence-electron chi connectivity index (χ2n) is 3.51. The quantitative estimate of drug-likeness (QED) is 0.229. The van der Waals surface area contributed by atoms with Crippen LogP contribution in [0, 0.1) is 11.6 Å². The molecule has 0 heterocycles. The second-order valence-corrected chi connectivity index (χ2v) is 4.29. The molecular formula is C12H8Cl2F2O3. The van der Waals surface area contributed by atoms with E-state index in [-0.39, 0.29) is 6.42 Å². The molecule has 0 amide bonds. The Hall–Kier alpha value is -1.46. The first kappa shape index (κ1) is 15.6. The van der Waals surface area contributed by atoms with Crippen molar-refractivity contribution in [1.82, 2.24) is 0 Å². The monoisotopic (exact) mass is 308 g/mol. The van der Waals surface area contributed by atoms with Gasteiger partial charge in [0.25, 0.3) is 0 Å². The minimum absolute atomic E-state index is 0.262. The lowest BCUT2D eigenvalue weighted by Crippen LogP contribution is -2.14. The Morgan fingerprint density at radius 1 is 1.32 bits per heavy atom. The Morgan fingerprint density at radius 3 is 2.37 bits per heavy atom. The molecule has 1 rings (SSSR count). The molecule has 0 fully saturated rings.